The van der Waals surface area contributed by atoms with Gasteiger partial charge in [0.25, 0.3) is 11.8 Å². The van der Waals surface area contributed by atoms with Crippen LogP contribution in [-0.2, 0) is 19.2 Å². The summed E-state index contributed by atoms with van der Waals surface area (Å²) in [5, 5.41) is 31.9. The number of allylic oxidation sites excluding steroid dienone is 2. The van der Waals surface area contributed by atoms with Crippen molar-refractivity contribution in [3.63, 3.8) is 0 Å². The first kappa shape index (κ1) is 35.5. The van der Waals surface area contributed by atoms with E-state index in [9.17, 15) is 52.5 Å². The van der Waals surface area contributed by atoms with Gasteiger partial charge in [-0.25, -0.2) is 36.5 Å². The van der Waals surface area contributed by atoms with Gasteiger partial charge in [0.05, 0.1) is 17.5 Å². The maximum absolute atomic E-state index is 15.3. The smallest absolute Gasteiger partial charge is 0.339 e. The molecule has 2 aliphatic carbocycles. The number of imide groups is 2. The number of rotatable bonds is 4. The maximum Gasteiger partial charge on any atom is 0.339 e. The SMILES string of the molecule is O=C(O)c1ccc(N2C(=O)C3CC=C4C(CC5(Cl)C(=O)N(c6c(F)c(F)c(F)c(F)c6F)C(=O)C5(Cl)C4c4c(O)ccc5ccccc45)C3C2=O)cc1O. The minimum atomic E-state index is -2.85. The lowest BCUT2D eigenvalue weighted by Crippen LogP contribution is -2.60. The van der Waals surface area contributed by atoms with E-state index in [1.165, 1.54) is 24.3 Å². The normalized spacial score (nSPS) is 27.6. The standard InChI is InChI=1S/C37H21Cl2F5N2O8/c38-36-12-19-16(8-9-18-22(19)32(50)45(31(18)49)14-6-7-17(33(51)52)21(48)11-14)24(23-15-4-2-1-3-13(15)5-10-20(23)47)37(36,39)35(54)46(34(36)53)30-28(43)26(41)25(40)27(42)29(30)44/h1-8,10-11,18-19,22,24,47-48H,9,12H2,(H,51,52). The van der Waals surface area contributed by atoms with Gasteiger partial charge < -0.3 is 15.3 Å². The largest absolute Gasteiger partial charge is 0.508 e. The Labute approximate surface area is 309 Å². The Kier molecular flexibility index (Phi) is 7.71. The van der Waals surface area contributed by atoms with E-state index in [0.29, 0.717) is 10.3 Å². The van der Waals surface area contributed by atoms with Crippen molar-refractivity contribution in [3.05, 3.63) is 106 Å². The zero-order valence-electron chi connectivity index (χ0n) is 26.9. The second-order valence-corrected chi connectivity index (χ2v) is 14.7. The molecular weight excluding hydrogens is 766 g/mol. The van der Waals surface area contributed by atoms with Gasteiger partial charge in [-0.15, -0.1) is 23.2 Å². The third-order valence-electron chi connectivity index (χ3n) is 10.9. The number of hydrogen-bond donors (Lipinski definition) is 3. The highest BCUT2D eigenvalue weighted by molar-refractivity contribution is 6.58. The van der Waals surface area contributed by atoms with Crippen LogP contribution in [0.25, 0.3) is 10.8 Å². The number of nitrogens with zero attached hydrogens (tertiary/aromatic N) is 2. The molecule has 4 aliphatic rings. The molecule has 17 heteroatoms. The number of phenolic OH excluding ortho intramolecular Hbond substituents is 1. The van der Waals surface area contributed by atoms with Gasteiger partial charge in [0.1, 0.15) is 22.7 Å². The van der Waals surface area contributed by atoms with E-state index in [0.717, 1.165) is 18.2 Å². The van der Waals surface area contributed by atoms with E-state index < -0.39 is 121 Å². The summed E-state index contributed by atoms with van der Waals surface area (Å²) in [4.78, 5) is 63.5. The second kappa shape index (κ2) is 11.7. The van der Waals surface area contributed by atoms with Gasteiger partial charge in [-0.05, 0) is 47.7 Å². The molecule has 8 rings (SSSR count). The number of carbonyl (C=O) groups is 5. The Hall–Kier alpha value is -5.54. The summed E-state index contributed by atoms with van der Waals surface area (Å²) >= 11 is 14.4. The highest BCUT2D eigenvalue weighted by Crippen LogP contribution is 2.67. The van der Waals surface area contributed by atoms with Crippen molar-refractivity contribution in [1.82, 2.24) is 0 Å². The minimum absolute atomic E-state index is 0.113. The maximum atomic E-state index is 15.3. The Balaban J connectivity index is 1.35. The van der Waals surface area contributed by atoms with Crippen LogP contribution < -0.4 is 9.80 Å². The molecular formula is C37H21Cl2F5N2O8. The highest BCUT2D eigenvalue weighted by Gasteiger charge is 2.77. The number of benzene rings is 4. The van der Waals surface area contributed by atoms with Gasteiger partial charge in [-0.3, -0.25) is 19.2 Å². The third kappa shape index (κ3) is 4.36. The number of aromatic carboxylic acids is 1. The molecule has 4 aromatic carbocycles. The zero-order chi connectivity index (χ0) is 38.9. The number of amides is 4. The van der Waals surface area contributed by atoms with Crippen molar-refractivity contribution in [1.29, 1.82) is 0 Å². The van der Waals surface area contributed by atoms with Crippen LogP contribution in [0.2, 0.25) is 0 Å². The highest BCUT2D eigenvalue weighted by atomic mass is 35.5. The topological polar surface area (TPSA) is 153 Å². The van der Waals surface area contributed by atoms with Gasteiger partial charge in [-0.2, -0.15) is 0 Å². The van der Waals surface area contributed by atoms with E-state index in [1.54, 1.807) is 18.2 Å². The van der Waals surface area contributed by atoms with Crippen molar-refractivity contribution >= 4 is 74.9 Å². The molecule has 276 valence electrons. The summed E-state index contributed by atoms with van der Waals surface area (Å²) in [6, 6.07) is 12.1. The quantitative estimate of drug-likeness (QED) is 0.0536. The fourth-order valence-electron chi connectivity index (χ4n) is 8.57. The number of hydrogen-bond acceptors (Lipinski definition) is 7. The average molecular weight is 787 g/mol. The first-order valence-corrected chi connectivity index (χ1v) is 16.9. The summed E-state index contributed by atoms with van der Waals surface area (Å²) in [5.74, 6) is -25.9. The molecule has 2 heterocycles. The number of carboxylic acid groups (broad SMARTS) is 1. The van der Waals surface area contributed by atoms with Crippen LogP contribution in [0, 0.1) is 46.8 Å². The van der Waals surface area contributed by atoms with Gasteiger partial charge in [0, 0.05) is 17.5 Å². The lowest BCUT2D eigenvalue weighted by atomic mass is 9.56. The van der Waals surface area contributed by atoms with Gasteiger partial charge >= 0.3 is 5.97 Å². The van der Waals surface area contributed by atoms with Crippen molar-refractivity contribution in [2.45, 2.75) is 28.5 Å². The molecule has 3 fully saturated rings. The minimum Gasteiger partial charge on any atom is -0.508 e. The molecule has 6 atom stereocenters. The Morgan fingerprint density at radius 2 is 1.41 bits per heavy atom. The number of carbonyl (C=O) groups excluding carboxylic acids is 4. The molecule has 0 radical (unpaired) electrons. The molecule has 3 N–H and O–H groups in total. The first-order valence-electron chi connectivity index (χ1n) is 16.1. The monoisotopic (exact) mass is 786 g/mol. The molecule has 4 aromatic rings. The summed E-state index contributed by atoms with van der Waals surface area (Å²) in [5.41, 5.74) is -2.66. The fourth-order valence-corrected chi connectivity index (χ4v) is 9.48. The lowest BCUT2D eigenvalue weighted by molar-refractivity contribution is -0.125. The lowest BCUT2D eigenvalue weighted by Gasteiger charge is -2.51. The van der Waals surface area contributed by atoms with Crippen LogP contribution >= 0.6 is 23.2 Å². The first-order chi connectivity index (χ1) is 25.5. The number of fused-ring (bicyclic) bond motifs is 5. The molecule has 0 bridgehead atoms. The van der Waals surface area contributed by atoms with E-state index >= 15 is 8.78 Å². The van der Waals surface area contributed by atoms with Crippen molar-refractivity contribution in [3.8, 4) is 11.5 Å². The summed E-state index contributed by atoms with van der Waals surface area (Å²) < 4.78 is 73.9. The molecule has 1 saturated carbocycles. The molecule has 0 spiro atoms. The van der Waals surface area contributed by atoms with Crippen molar-refractivity contribution in [2.24, 2.45) is 17.8 Å². The predicted molar refractivity (Wildman–Crippen MR) is 180 cm³/mol. The number of aromatic hydroxyl groups is 2. The van der Waals surface area contributed by atoms with E-state index in [4.69, 9.17) is 23.2 Å². The zero-order valence-corrected chi connectivity index (χ0v) is 28.4. The number of alkyl halides is 2. The second-order valence-electron chi connectivity index (χ2n) is 13.4. The van der Waals surface area contributed by atoms with Crippen molar-refractivity contribution < 1.29 is 61.2 Å². The van der Waals surface area contributed by atoms with Gasteiger partial charge in [-0.1, -0.05) is 42.0 Å². The van der Waals surface area contributed by atoms with Crippen LogP contribution in [0.3, 0.4) is 0 Å². The van der Waals surface area contributed by atoms with Crippen LogP contribution in [0.1, 0.15) is 34.7 Å². The summed E-state index contributed by atoms with van der Waals surface area (Å²) in [6.07, 6.45) is 0.501. The van der Waals surface area contributed by atoms with Crippen LogP contribution in [-0.4, -0.2) is 54.7 Å². The Bertz CT molecular complexity index is 2470. The van der Waals surface area contributed by atoms with E-state index in [-0.39, 0.29) is 33.5 Å². The molecule has 4 amide bonds. The molecule has 6 unspecified atom stereocenters. The predicted octanol–water partition coefficient (Wildman–Crippen LogP) is 6.41. The average Bonchev–Trinajstić information content (AvgIpc) is 3.48. The van der Waals surface area contributed by atoms with Crippen LogP contribution in [0.5, 0.6) is 11.5 Å². The van der Waals surface area contributed by atoms with Crippen molar-refractivity contribution in [2.75, 3.05) is 9.80 Å². The molecule has 0 aromatic heterocycles. The number of phenols is 2. The molecule has 10 nitrogen and oxygen atoms in total. The Morgan fingerprint density at radius 3 is 2.06 bits per heavy atom. The van der Waals surface area contributed by atoms with E-state index in [1.807, 2.05) is 0 Å². The fraction of sp³-hybridized carbons (Fsp3) is 0.216. The molecule has 54 heavy (non-hydrogen) atoms. The number of anilines is 2. The van der Waals surface area contributed by atoms with E-state index in [2.05, 4.69) is 0 Å². The number of halogens is 7. The van der Waals surface area contributed by atoms with Crippen LogP contribution in [0.15, 0.2) is 66.2 Å². The molecule has 2 aliphatic heterocycles. The Morgan fingerprint density at radius 1 is 0.759 bits per heavy atom. The third-order valence-corrected chi connectivity index (χ3v) is 12.3. The summed E-state index contributed by atoms with van der Waals surface area (Å²) in [6.45, 7) is 0. The van der Waals surface area contributed by atoms with Crippen LogP contribution in [0.4, 0.5) is 33.3 Å². The van der Waals surface area contributed by atoms with Gasteiger partial charge in [0.15, 0.2) is 33.0 Å². The summed E-state index contributed by atoms with van der Waals surface area (Å²) in [7, 11) is 0. The molecule has 2 saturated heterocycles. The number of carboxylic acids is 1. The van der Waals surface area contributed by atoms with Gasteiger partial charge in [0.2, 0.25) is 17.6 Å².